The van der Waals surface area contributed by atoms with E-state index in [2.05, 4.69) is 11.7 Å². The van der Waals surface area contributed by atoms with Crippen molar-refractivity contribution in [2.75, 3.05) is 0 Å². The van der Waals surface area contributed by atoms with E-state index in [0.29, 0.717) is 41.0 Å². The number of hydrogen-bond acceptors (Lipinski definition) is 1. The quantitative estimate of drug-likeness (QED) is 0.0837. The minimum absolute atomic E-state index is 0.0753. The summed E-state index contributed by atoms with van der Waals surface area (Å²) in [5, 5.41) is -0.947. The zero-order valence-electron chi connectivity index (χ0n) is 23.9. The van der Waals surface area contributed by atoms with Crippen molar-refractivity contribution in [2.24, 2.45) is 0 Å². The number of rotatable bonds is 10. The SMILES string of the molecule is CCCCCc1ccc(-c2ccc(-c3ccc(-c4cc(F)c(C(F)(F)Oc5cc(F)c(Cl)c(F)c5)c(F)c4)cc3)c(F)c2)cc1. The van der Waals surface area contributed by atoms with Crippen LogP contribution in [0.5, 0.6) is 5.75 Å². The first kappa shape index (κ1) is 32.1. The fraction of sp³-hybridized carbons (Fsp3) is 0.167. The van der Waals surface area contributed by atoms with E-state index < -0.39 is 51.5 Å². The summed E-state index contributed by atoms with van der Waals surface area (Å²) in [7, 11) is 0. The van der Waals surface area contributed by atoms with Crippen LogP contribution in [0.2, 0.25) is 5.02 Å². The monoisotopic (exact) mass is 642 g/mol. The molecule has 0 bridgehead atoms. The molecular weight excluding hydrogens is 617 g/mol. The molecule has 0 N–H and O–H groups in total. The highest BCUT2D eigenvalue weighted by molar-refractivity contribution is 6.30. The molecule has 0 amide bonds. The van der Waals surface area contributed by atoms with Gasteiger partial charge in [-0.05, 0) is 64.4 Å². The summed E-state index contributed by atoms with van der Waals surface area (Å²) in [4.78, 5) is 0. The van der Waals surface area contributed by atoms with Crippen LogP contribution >= 0.6 is 11.6 Å². The van der Waals surface area contributed by atoms with Gasteiger partial charge in [0, 0.05) is 17.7 Å². The topological polar surface area (TPSA) is 9.23 Å². The van der Waals surface area contributed by atoms with Crippen molar-refractivity contribution >= 4 is 11.6 Å². The number of halogens is 8. The summed E-state index contributed by atoms with van der Waals surface area (Å²) < 4.78 is 106. The third-order valence-corrected chi connectivity index (χ3v) is 7.75. The Morgan fingerprint density at radius 2 is 1.09 bits per heavy atom. The van der Waals surface area contributed by atoms with Crippen LogP contribution in [0.25, 0.3) is 33.4 Å². The molecule has 0 saturated heterocycles. The minimum atomic E-state index is -4.62. The lowest BCUT2D eigenvalue weighted by Crippen LogP contribution is -2.25. The Bertz CT molecular complexity index is 1770. The predicted octanol–water partition coefficient (Wildman–Crippen LogP) is 11.9. The Morgan fingerprint density at radius 3 is 1.67 bits per heavy atom. The summed E-state index contributed by atoms with van der Waals surface area (Å²) >= 11 is 5.33. The van der Waals surface area contributed by atoms with Gasteiger partial charge in [-0.25, -0.2) is 22.0 Å². The van der Waals surface area contributed by atoms with Crippen LogP contribution in [-0.2, 0) is 12.5 Å². The van der Waals surface area contributed by atoms with Gasteiger partial charge in [0.2, 0.25) is 0 Å². The van der Waals surface area contributed by atoms with E-state index in [1.807, 2.05) is 24.3 Å². The minimum Gasteiger partial charge on any atom is -0.429 e. The van der Waals surface area contributed by atoms with E-state index in [1.54, 1.807) is 24.3 Å². The first-order valence-electron chi connectivity index (χ1n) is 14.2. The molecule has 5 rings (SSSR count). The first-order valence-corrected chi connectivity index (χ1v) is 14.5. The second kappa shape index (κ2) is 13.4. The Kier molecular flexibility index (Phi) is 9.53. The Balaban J connectivity index is 1.34. The van der Waals surface area contributed by atoms with Crippen molar-refractivity contribution in [3.05, 3.63) is 136 Å². The molecule has 5 aromatic rings. The summed E-state index contributed by atoms with van der Waals surface area (Å²) in [5.41, 5.74) is 2.07. The van der Waals surface area contributed by atoms with E-state index in [1.165, 1.54) is 30.2 Å². The predicted molar refractivity (Wildman–Crippen MR) is 162 cm³/mol. The highest BCUT2D eigenvalue weighted by Gasteiger charge is 2.41. The van der Waals surface area contributed by atoms with Gasteiger partial charge in [0.05, 0.1) is 0 Å². The lowest BCUT2D eigenvalue weighted by Gasteiger charge is -2.20. The van der Waals surface area contributed by atoms with E-state index in [-0.39, 0.29) is 11.1 Å². The normalized spacial score (nSPS) is 11.6. The van der Waals surface area contributed by atoms with Crippen LogP contribution in [0.15, 0.2) is 91.0 Å². The molecule has 0 spiro atoms. The Labute approximate surface area is 260 Å². The molecule has 0 aromatic heterocycles. The van der Waals surface area contributed by atoms with Gasteiger partial charge in [0.1, 0.15) is 45.4 Å². The van der Waals surface area contributed by atoms with Crippen molar-refractivity contribution in [3.8, 4) is 39.1 Å². The summed E-state index contributed by atoms with van der Waals surface area (Å²) in [6.45, 7) is 2.16. The van der Waals surface area contributed by atoms with Crippen LogP contribution in [0.1, 0.15) is 37.3 Å². The van der Waals surface area contributed by atoms with Gasteiger partial charge in [0.25, 0.3) is 0 Å². The molecule has 0 radical (unpaired) electrons. The average Bonchev–Trinajstić information content (AvgIpc) is 2.99. The van der Waals surface area contributed by atoms with Gasteiger partial charge in [-0.1, -0.05) is 92.0 Å². The highest BCUT2D eigenvalue weighted by atomic mass is 35.5. The van der Waals surface area contributed by atoms with Crippen molar-refractivity contribution in [3.63, 3.8) is 0 Å². The second-order valence-corrected chi connectivity index (χ2v) is 10.9. The molecule has 9 heteroatoms. The third-order valence-electron chi connectivity index (χ3n) is 7.39. The molecule has 0 aliphatic carbocycles. The molecule has 0 atom stereocenters. The van der Waals surface area contributed by atoms with Gasteiger partial charge in [0.15, 0.2) is 0 Å². The standard InChI is InChI=1S/C36H26ClF7O/c1-2-3-4-5-21-6-8-22(9-7-21)25-14-15-28(29(38)16-25)24-12-10-23(11-13-24)26-17-30(39)34(31(40)18-26)36(43,44)45-27-19-32(41)35(37)33(42)20-27/h6-20H,2-5H2,1H3. The molecular formula is C36H26ClF7O. The van der Waals surface area contributed by atoms with Crippen molar-refractivity contribution in [2.45, 2.75) is 38.7 Å². The zero-order chi connectivity index (χ0) is 32.3. The smallest absolute Gasteiger partial charge is 0.429 e. The van der Waals surface area contributed by atoms with Crippen LogP contribution in [0.3, 0.4) is 0 Å². The average molecular weight is 643 g/mol. The lowest BCUT2D eigenvalue weighted by atomic mass is 9.96. The largest absolute Gasteiger partial charge is 0.432 e. The summed E-state index contributed by atoms with van der Waals surface area (Å²) in [6, 6.07) is 21.0. The van der Waals surface area contributed by atoms with Crippen LogP contribution < -0.4 is 4.74 Å². The molecule has 0 aliphatic heterocycles. The summed E-state index contributed by atoms with van der Waals surface area (Å²) in [5.74, 6) is -7.55. The maximum atomic E-state index is 15.2. The van der Waals surface area contributed by atoms with Crippen molar-refractivity contribution in [1.29, 1.82) is 0 Å². The summed E-state index contributed by atoms with van der Waals surface area (Å²) in [6.07, 6.45) is -0.185. The van der Waals surface area contributed by atoms with Gasteiger partial charge >= 0.3 is 6.11 Å². The van der Waals surface area contributed by atoms with E-state index in [0.717, 1.165) is 24.8 Å². The zero-order valence-corrected chi connectivity index (χ0v) is 24.7. The molecule has 0 aliphatic rings. The maximum absolute atomic E-state index is 15.2. The van der Waals surface area contributed by atoms with Gasteiger partial charge in [-0.15, -0.1) is 0 Å². The Morgan fingerprint density at radius 1 is 0.578 bits per heavy atom. The fourth-order valence-electron chi connectivity index (χ4n) is 5.02. The van der Waals surface area contributed by atoms with Crippen LogP contribution in [-0.4, -0.2) is 0 Å². The number of unbranched alkanes of at least 4 members (excludes halogenated alkanes) is 2. The van der Waals surface area contributed by atoms with E-state index in [9.17, 15) is 26.3 Å². The van der Waals surface area contributed by atoms with E-state index >= 15 is 4.39 Å². The molecule has 0 fully saturated rings. The van der Waals surface area contributed by atoms with Gasteiger partial charge in [-0.3, -0.25) is 0 Å². The number of benzene rings is 5. The molecule has 232 valence electrons. The molecule has 1 nitrogen and oxygen atoms in total. The first-order chi connectivity index (χ1) is 21.5. The number of ether oxygens (including phenoxy) is 1. The maximum Gasteiger partial charge on any atom is 0.432 e. The molecule has 5 aromatic carbocycles. The fourth-order valence-corrected chi connectivity index (χ4v) is 5.13. The van der Waals surface area contributed by atoms with Crippen LogP contribution in [0, 0.1) is 29.1 Å². The molecule has 45 heavy (non-hydrogen) atoms. The molecule has 0 heterocycles. The molecule has 0 unspecified atom stereocenters. The number of aryl methyl sites for hydroxylation is 1. The Hall–Kier alpha value is -4.30. The van der Waals surface area contributed by atoms with Gasteiger partial charge < -0.3 is 4.74 Å². The number of alkyl halides is 2. The highest BCUT2D eigenvalue weighted by Crippen LogP contribution is 2.38. The second-order valence-electron chi connectivity index (χ2n) is 10.6. The lowest BCUT2D eigenvalue weighted by molar-refractivity contribution is -0.189. The number of hydrogen-bond donors (Lipinski definition) is 0. The molecule has 0 saturated carbocycles. The van der Waals surface area contributed by atoms with Crippen molar-refractivity contribution in [1.82, 2.24) is 0 Å². The van der Waals surface area contributed by atoms with Gasteiger partial charge in [-0.2, -0.15) is 8.78 Å². The van der Waals surface area contributed by atoms with E-state index in [4.69, 9.17) is 11.6 Å². The van der Waals surface area contributed by atoms with Crippen molar-refractivity contribution < 1.29 is 35.5 Å². The third kappa shape index (κ3) is 7.17. The van der Waals surface area contributed by atoms with Crippen LogP contribution in [0.4, 0.5) is 30.7 Å².